The fraction of sp³-hybridized carbons (Fsp3) is 0.571. The Morgan fingerprint density at radius 1 is 1.29 bits per heavy atom. The monoisotopic (exact) mass is 237 g/mol. The van der Waals surface area contributed by atoms with Gasteiger partial charge < -0.3 is 5.11 Å². The maximum atomic E-state index is 12.8. The summed E-state index contributed by atoms with van der Waals surface area (Å²) in [5.41, 5.74) is 1.25. The van der Waals surface area contributed by atoms with Crippen LogP contribution in [0.1, 0.15) is 18.5 Å². The van der Waals surface area contributed by atoms with Gasteiger partial charge in [0, 0.05) is 37.6 Å². The maximum Gasteiger partial charge on any atom is 0.0938 e. The maximum absolute atomic E-state index is 12.8. The topological polar surface area (TPSA) is 23.5 Å². The van der Waals surface area contributed by atoms with Crippen LogP contribution in [0.25, 0.3) is 0 Å². The highest BCUT2D eigenvalue weighted by atomic mass is 19.1. The molecule has 3 atom stereocenters. The first-order valence-corrected chi connectivity index (χ1v) is 6.22. The lowest BCUT2D eigenvalue weighted by Gasteiger charge is -2.24. The van der Waals surface area contributed by atoms with Gasteiger partial charge in [0.15, 0.2) is 0 Å². The zero-order valence-electron chi connectivity index (χ0n) is 10.2. The number of aliphatic hydroxyl groups excluding tert-OH is 1. The van der Waals surface area contributed by atoms with Crippen molar-refractivity contribution < 1.29 is 9.50 Å². The van der Waals surface area contributed by atoms with E-state index in [-0.39, 0.29) is 25.1 Å². The van der Waals surface area contributed by atoms with E-state index in [9.17, 15) is 9.50 Å². The van der Waals surface area contributed by atoms with E-state index in [1.165, 1.54) is 5.56 Å². The minimum absolute atomic E-state index is 0.00818. The molecule has 2 rings (SSSR count). The average molecular weight is 237 g/mol. The Balaban J connectivity index is 2.05. The van der Waals surface area contributed by atoms with Gasteiger partial charge in [-0.25, -0.2) is 0 Å². The van der Waals surface area contributed by atoms with Crippen molar-refractivity contribution in [1.82, 2.24) is 4.90 Å². The Morgan fingerprint density at radius 2 is 1.94 bits per heavy atom. The first kappa shape index (κ1) is 12.5. The Morgan fingerprint density at radius 3 is 2.47 bits per heavy atom. The lowest BCUT2D eigenvalue weighted by atomic mass is 9.99. The van der Waals surface area contributed by atoms with Gasteiger partial charge in [0.2, 0.25) is 0 Å². The smallest absolute Gasteiger partial charge is 0.0938 e. The average Bonchev–Trinajstić information content (AvgIpc) is 2.82. The second kappa shape index (κ2) is 5.61. The van der Waals surface area contributed by atoms with Gasteiger partial charge in [-0.15, -0.1) is 0 Å². The molecule has 1 aromatic carbocycles. The van der Waals surface area contributed by atoms with E-state index in [1.54, 1.807) is 0 Å². The van der Waals surface area contributed by atoms with Crippen molar-refractivity contribution in [2.75, 3.05) is 26.4 Å². The van der Waals surface area contributed by atoms with Gasteiger partial charge in [0.25, 0.3) is 0 Å². The van der Waals surface area contributed by atoms with E-state index in [1.807, 2.05) is 18.2 Å². The normalized spacial score (nSPS) is 27.2. The number of rotatable bonds is 4. The van der Waals surface area contributed by atoms with E-state index in [2.05, 4.69) is 24.0 Å². The summed E-state index contributed by atoms with van der Waals surface area (Å²) >= 11 is 0. The predicted octanol–water partition coefficient (Wildman–Crippen LogP) is 2.26. The SMILES string of the molecule is C[C@@H](c1ccccc1)N1C[C@H](CO)[C@@H](CF)C1. The summed E-state index contributed by atoms with van der Waals surface area (Å²) in [6, 6.07) is 10.5. The Labute approximate surface area is 102 Å². The van der Waals surface area contributed by atoms with E-state index in [0.29, 0.717) is 6.04 Å². The molecular weight excluding hydrogens is 217 g/mol. The molecule has 1 heterocycles. The van der Waals surface area contributed by atoms with Crippen molar-refractivity contribution in [1.29, 1.82) is 0 Å². The van der Waals surface area contributed by atoms with Crippen molar-refractivity contribution in [2.45, 2.75) is 13.0 Å². The van der Waals surface area contributed by atoms with Gasteiger partial charge in [-0.05, 0) is 12.5 Å². The summed E-state index contributed by atoms with van der Waals surface area (Å²) < 4.78 is 12.8. The van der Waals surface area contributed by atoms with Crippen molar-refractivity contribution >= 4 is 0 Å². The molecule has 17 heavy (non-hydrogen) atoms. The molecule has 94 valence electrons. The number of halogens is 1. The zero-order chi connectivity index (χ0) is 12.3. The van der Waals surface area contributed by atoms with Crippen LogP contribution in [0, 0.1) is 11.8 Å². The molecule has 1 saturated heterocycles. The molecule has 0 bridgehead atoms. The molecular formula is C14H20FNO. The Bertz CT molecular complexity index is 331. The molecule has 3 heteroatoms. The third kappa shape index (κ3) is 2.67. The van der Waals surface area contributed by atoms with Crippen LogP contribution in [0.15, 0.2) is 30.3 Å². The summed E-state index contributed by atoms with van der Waals surface area (Å²) in [6.07, 6.45) is 0. The summed E-state index contributed by atoms with van der Waals surface area (Å²) in [6.45, 7) is 3.44. The van der Waals surface area contributed by atoms with Crippen LogP contribution in [0.5, 0.6) is 0 Å². The third-order valence-electron chi connectivity index (χ3n) is 3.87. The van der Waals surface area contributed by atoms with E-state index in [4.69, 9.17) is 0 Å². The standard InChI is InChI=1S/C14H20FNO/c1-11(12-5-3-2-4-6-12)16-8-13(7-15)14(9-16)10-17/h2-6,11,13-14,17H,7-10H2,1H3/t11-,13-,14+/m0/s1. The molecule has 1 fully saturated rings. The fourth-order valence-electron chi connectivity index (χ4n) is 2.62. The number of hydrogen-bond donors (Lipinski definition) is 1. The zero-order valence-corrected chi connectivity index (χ0v) is 10.2. The van der Waals surface area contributed by atoms with Gasteiger partial charge in [-0.1, -0.05) is 30.3 Å². The van der Waals surface area contributed by atoms with Gasteiger partial charge in [0.05, 0.1) is 6.67 Å². The van der Waals surface area contributed by atoms with Gasteiger partial charge in [-0.3, -0.25) is 9.29 Å². The highest BCUT2D eigenvalue weighted by Crippen LogP contribution is 2.30. The minimum Gasteiger partial charge on any atom is -0.396 e. The molecule has 1 aliphatic rings. The van der Waals surface area contributed by atoms with Crippen LogP contribution < -0.4 is 0 Å². The molecule has 0 saturated carbocycles. The van der Waals surface area contributed by atoms with Crippen LogP contribution in [-0.4, -0.2) is 36.4 Å². The lowest BCUT2D eigenvalue weighted by Crippen LogP contribution is -2.25. The minimum atomic E-state index is -0.330. The number of hydrogen-bond acceptors (Lipinski definition) is 2. The van der Waals surface area contributed by atoms with Crippen molar-refractivity contribution in [2.24, 2.45) is 11.8 Å². The number of aliphatic hydroxyl groups is 1. The largest absolute Gasteiger partial charge is 0.396 e. The summed E-state index contributed by atoms with van der Waals surface area (Å²) in [5, 5.41) is 9.24. The van der Waals surface area contributed by atoms with E-state index < -0.39 is 0 Å². The lowest BCUT2D eigenvalue weighted by molar-refractivity contribution is 0.184. The first-order chi connectivity index (χ1) is 8.26. The Hall–Kier alpha value is -0.930. The Kier molecular flexibility index (Phi) is 4.13. The molecule has 1 aromatic rings. The number of alkyl halides is 1. The summed E-state index contributed by atoms with van der Waals surface area (Å²) in [7, 11) is 0. The van der Waals surface area contributed by atoms with Crippen LogP contribution in [0.3, 0.4) is 0 Å². The van der Waals surface area contributed by atoms with Crippen LogP contribution >= 0.6 is 0 Å². The van der Waals surface area contributed by atoms with Crippen molar-refractivity contribution in [3.63, 3.8) is 0 Å². The summed E-state index contributed by atoms with van der Waals surface area (Å²) in [4.78, 5) is 2.26. The second-order valence-electron chi connectivity index (χ2n) is 4.90. The molecule has 0 amide bonds. The quantitative estimate of drug-likeness (QED) is 0.868. The van der Waals surface area contributed by atoms with Crippen LogP contribution in [-0.2, 0) is 0 Å². The molecule has 1 N–H and O–H groups in total. The van der Waals surface area contributed by atoms with Gasteiger partial charge in [0.1, 0.15) is 0 Å². The number of nitrogens with zero attached hydrogens (tertiary/aromatic N) is 1. The number of benzene rings is 1. The van der Waals surface area contributed by atoms with Gasteiger partial charge in [-0.2, -0.15) is 0 Å². The molecule has 0 aromatic heterocycles. The molecule has 1 aliphatic heterocycles. The van der Waals surface area contributed by atoms with Crippen LogP contribution in [0.4, 0.5) is 4.39 Å². The first-order valence-electron chi connectivity index (χ1n) is 6.22. The van der Waals surface area contributed by atoms with Crippen molar-refractivity contribution in [3.8, 4) is 0 Å². The van der Waals surface area contributed by atoms with Crippen molar-refractivity contribution in [3.05, 3.63) is 35.9 Å². The van der Waals surface area contributed by atoms with Crippen LogP contribution in [0.2, 0.25) is 0 Å². The molecule has 0 unspecified atom stereocenters. The molecule has 0 aliphatic carbocycles. The summed E-state index contributed by atoms with van der Waals surface area (Å²) in [5.74, 6) is 0.0809. The third-order valence-corrected chi connectivity index (χ3v) is 3.87. The highest BCUT2D eigenvalue weighted by Gasteiger charge is 2.34. The molecule has 0 spiro atoms. The van der Waals surface area contributed by atoms with E-state index >= 15 is 0 Å². The number of likely N-dealkylation sites (tertiary alicyclic amines) is 1. The highest BCUT2D eigenvalue weighted by molar-refractivity contribution is 5.18. The van der Waals surface area contributed by atoms with Gasteiger partial charge >= 0.3 is 0 Å². The predicted molar refractivity (Wildman–Crippen MR) is 66.5 cm³/mol. The fourth-order valence-corrected chi connectivity index (χ4v) is 2.62. The molecule has 0 radical (unpaired) electrons. The molecule has 2 nitrogen and oxygen atoms in total. The van der Waals surface area contributed by atoms with E-state index in [0.717, 1.165) is 13.1 Å². The second-order valence-corrected chi connectivity index (χ2v) is 4.90.